The lowest BCUT2D eigenvalue weighted by atomic mass is 10.3. The monoisotopic (exact) mass is 405 g/mol. The van der Waals surface area contributed by atoms with Crippen LogP contribution in [0.5, 0.6) is 0 Å². The van der Waals surface area contributed by atoms with E-state index in [9.17, 15) is 14.0 Å². The van der Waals surface area contributed by atoms with Gasteiger partial charge in [0.25, 0.3) is 5.91 Å². The SMILES string of the molecule is NC(=O)Nc1cn(-c2ccc(Sc3ccccc3F)c(Cl)c2)nc1C(N)=O. The highest BCUT2D eigenvalue weighted by Crippen LogP contribution is 2.35. The molecule has 1 heterocycles. The van der Waals surface area contributed by atoms with Gasteiger partial charge in [-0.2, -0.15) is 5.10 Å². The molecule has 0 aliphatic heterocycles. The largest absolute Gasteiger partial charge is 0.364 e. The van der Waals surface area contributed by atoms with Crippen molar-refractivity contribution < 1.29 is 14.0 Å². The summed E-state index contributed by atoms with van der Waals surface area (Å²) in [5, 5.41) is 6.70. The smallest absolute Gasteiger partial charge is 0.316 e. The number of urea groups is 1. The summed E-state index contributed by atoms with van der Waals surface area (Å²) in [6.07, 6.45) is 1.39. The zero-order valence-electron chi connectivity index (χ0n) is 13.6. The van der Waals surface area contributed by atoms with Crippen LogP contribution in [0.4, 0.5) is 14.9 Å². The van der Waals surface area contributed by atoms with Gasteiger partial charge in [0, 0.05) is 9.79 Å². The molecule has 0 unspecified atom stereocenters. The second-order valence-corrected chi connectivity index (χ2v) is 6.83. The Balaban J connectivity index is 1.92. The minimum atomic E-state index is -0.855. The van der Waals surface area contributed by atoms with Gasteiger partial charge in [0.1, 0.15) is 5.82 Å². The zero-order valence-corrected chi connectivity index (χ0v) is 15.2. The first-order valence-corrected chi connectivity index (χ1v) is 8.73. The number of benzene rings is 2. The van der Waals surface area contributed by atoms with Crippen molar-refractivity contribution in [2.24, 2.45) is 11.5 Å². The molecule has 0 bridgehead atoms. The number of nitrogens with two attached hydrogens (primary N) is 2. The molecule has 7 nitrogen and oxygen atoms in total. The number of nitrogens with zero attached hydrogens (tertiary/aromatic N) is 2. The molecule has 0 aliphatic carbocycles. The van der Waals surface area contributed by atoms with E-state index in [4.69, 9.17) is 23.1 Å². The minimum Gasteiger partial charge on any atom is -0.364 e. The Morgan fingerprint density at radius 3 is 2.52 bits per heavy atom. The molecule has 0 saturated heterocycles. The lowest BCUT2D eigenvalue weighted by molar-refractivity contribution is 0.0996. The fourth-order valence-electron chi connectivity index (χ4n) is 2.27. The standard InChI is InChI=1S/C17H13ClFN5O2S/c18-10-7-9(5-6-13(10)27-14-4-2-1-3-11(14)19)24-8-12(22-17(21)26)15(23-24)16(20)25/h1-8H,(H2,20,25)(H3,21,22,26). The molecule has 3 aromatic rings. The Morgan fingerprint density at radius 2 is 1.89 bits per heavy atom. The first-order chi connectivity index (χ1) is 12.8. The molecule has 2 aromatic carbocycles. The maximum Gasteiger partial charge on any atom is 0.316 e. The van der Waals surface area contributed by atoms with Crippen LogP contribution >= 0.6 is 23.4 Å². The van der Waals surface area contributed by atoms with Gasteiger partial charge in [-0.1, -0.05) is 35.5 Å². The van der Waals surface area contributed by atoms with Crippen LogP contribution in [0.3, 0.4) is 0 Å². The summed E-state index contributed by atoms with van der Waals surface area (Å²) in [7, 11) is 0. The molecule has 0 atom stereocenters. The van der Waals surface area contributed by atoms with Crippen molar-refractivity contribution in [2.75, 3.05) is 5.32 Å². The molecule has 0 fully saturated rings. The highest BCUT2D eigenvalue weighted by molar-refractivity contribution is 7.99. The lowest BCUT2D eigenvalue weighted by Gasteiger charge is -2.08. The molecule has 0 radical (unpaired) electrons. The first kappa shape index (κ1) is 18.7. The third kappa shape index (κ3) is 4.21. The van der Waals surface area contributed by atoms with Crippen LogP contribution in [0, 0.1) is 5.82 Å². The normalized spacial score (nSPS) is 10.6. The maximum absolute atomic E-state index is 13.8. The summed E-state index contributed by atoms with van der Waals surface area (Å²) >= 11 is 7.49. The molecule has 3 amide bonds. The maximum atomic E-state index is 13.8. The molecular formula is C17H13ClFN5O2S. The summed E-state index contributed by atoms with van der Waals surface area (Å²) in [5.41, 5.74) is 10.8. The van der Waals surface area contributed by atoms with Crippen molar-refractivity contribution in [3.05, 3.63) is 65.2 Å². The fraction of sp³-hybridized carbons (Fsp3) is 0. The molecule has 27 heavy (non-hydrogen) atoms. The van der Waals surface area contributed by atoms with E-state index < -0.39 is 11.9 Å². The quantitative estimate of drug-likeness (QED) is 0.603. The van der Waals surface area contributed by atoms with Crippen molar-refractivity contribution in [3.8, 4) is 5.69 Å². The Morgan fingerprint density at radius 1 is 1.15 bits per heavy atom. The first-order valence-electron chi connectivity index (χ1n) is 7.53. The van der Waals surface area contributed by atoms with E-state index in [0.29, 0.717) is 20.5 Å². The van der Waals surface area contributed by atoms with Gasteiger partial charge in [0.05, 0.1) is 22.6 Å². The number of primary amides is 2. The molecule has 0 spiro atoms. The number of hydrogen-bond donors (Lipinski definition) is 3. The van der Waals surface area contributed by atoms with Crippen LogP contribution in [-0.4, -0.2) is 21.7 Å². The number of carbonyl (C=O) groups is 2. The second kappa shape index (κ2) is 7.68. The number of rotatable bonds is 5. The summed E-state index contributed by atoms with van der Waals surface area (Å²) in [4.78, 5) is 23.6. The van der Waals surface area contributed by atoms with Crippen molar-refractivity contribution in [1.82, 2.24) is 9.78 Å². The van der Waals surface area contributed by atoms with Crippen LogP contribution in [0.2, 0.25) is 5.02 Å². The Bertz CT molecular complexity index is 1040. The zero-order chi connectivity index (χ0) is 19.6. The Kier molecular flexibility index (Phi) is 5.33. The van der Waals surface area contributed by atoms with Gasteiger partial charge in [-0.25, -0.2) is 13.9 Å². The van der Waals surface area contributed by atoms with E-state index in [1.54, 1.807) is 36.4 Å². The Hall–Kier alpha value is -3.04. The van der Waals surface area contributed by atoms with Crippen LogP contribution < -0.4 is 16.8 Å². The highest BCUT2D eigenvalue weighted by atomic mass is 35.5. The lowest BCUT2D eigenvalue weighted by Crippen LogP contribution is -2.22. The Labute approximate surface area is 162 Å². The van der Waals surface area contributed by atoms with Gasteiger partial charge < -0.3 is 16.8 Å². The molecule has 3 rings (SSSR count). The predicted octanol–water partition coefficient (Wildman–Crippen LogP) is 3.41. The molecular weight excluding hydrogens is 393 g/mol. The summed E-state index contributed by atoms with van der Waals surface area (Å²) in [6, 6.07) is 10.5. The van der Waals surface area contributed by atoms with Gasteiger partial charge >= 0.3 is 6.03 Å². The number of amides is 3. The number of halogens is 2. The minimum absolute atomic E-state index is 0.0796. The number of nitrogens with one attached hydrogen (secondary N) is 1. The summed E-state index contributed by atoms with van der Waals surface area (Å²) in [5.74, 6) is -1.17. The number of anilines is 1. The molecule has 1 aromatic heterocycles. The summed E-state index contributed by atoms with van der Waals surface area (Å²) in [6.45, 7) is 0. The van der Waals surface area contributed by atoms with Gasteiger partial charge in [0.2, 0.25) is 0 Å². The molecule has 0 saturated carbocycles. The summed E-state index contributed by atoms with van der Waals surface area (Å²) < 4.78 is 15.1. The average Bonchev–Trinajstić information content (AvgIpc) is 3.02. The highest BCUT2D eigenvalue weighted by Gasteiger charge is 2.17. The van der Waals surface area contributed by atoms with Crippen LogP contribution in [0.15, 0.2) is 58.5 Å². The second-order valence-electron chi connectivity index (χ2n) is 5.34. The number of hydrogen-bond acceptors (Lipinski definition) is 4. The van der Waals surface area contributed by atoms with Crippen molar-refractivity contribution in [3.63, 3.8) is 0 Å². The topological polar surface area (TPSA) is 116 Å². The van der Waals surface area contributed by atoms with Crippen molar-refractivity contribution >= 4 is 41.0 Å². The molecule has 10 heteroatoms. The van der Waals surface area contributed by atoms with Gasteiger partial charge in [-0.05, 0) is 30.3 Å². The third-order valence-corrected chi connectivity index (χ3v) is 4.99. The van der Waals surface area contributed by atoms with E-state index in [1.165, 1.54) is 28.7 Å². The average molecular weight is 406 g/mol. The number of aromatic nitrogens is 2. The molecule has 138 valence electrons. The number of carbonyl (C=O) groups excluding carboxylic acids is 2. The van der Waals surface area contributed by atoms with Gasteiger partial charge in [-0.3, -0.25) is 4.79 Å². The van der Waals surface area contributed by atoms with E-state index >= 15 is 0 Å². The van der Waals surface area contributed by atoms with E-state index in [-0.39, 0.29) is 17.2 Å². The van der Waals surface area contributed by atoms with Crippen LogP contribution in [-0.2, 0) is 0 Å². The predicted molar refractivity (Wildman–Crippen MR) is 101 cm³/mol. The van der Waals surface area contributed by atoms with E-state index in [1.807, 2.05) is 0 Å². The third-order valence-electron chi connectivity index (χ3n) is 3.44. The molecule has 5 N–H and O–H groups in total. The fourth-order valence-corrected chi connectivity index (χ4v) is 3.41. The van der Waals surface area contributed by atoms with Crippen LogP contribution in [0.25, 0.3) is 5.69 Å². The van der Waals surface area contributed by atoms with Gasteiger partial charge in [0.15, 0.2) is 5.69 Å². The van der Waals surface area contributed by atoms with Crippen LogP contribution in [0.1, 0.15) is 10.5 Å². The molecule has 0 aliphatic rings. The van der Waals surface area contributed by atoms with Gasteiger partial charge in [-0.15, -0.1) is 0 Å². The van der Waals surface area contributed by atoms with Crippen molar-refractivity contribution in [2.45, 2.75) is 9.79 Å². The van der Waals surface area contributed by atoms with Crippen molar-refractivity contribution in [1.29, 1.82) is 0 Å². The van der Waals surface area contributed by atoms with E-state index in [0.717, 1.165) is 0 Å². The van der Waals surface area contributed by atoms with E-state index in [2.05, 4.69) is 10.4 Å².